The molecule has 1 fully saturated rings. The molecule has 4 rings (SSSR count). The quantitative estimate of drug-likeness (QED) is 0.301. The van der Waals surface area contributed by atoms with Crippen molar-refractivity contribution in [1.82, 2.24) is 4.98 Å². The molecule has 180 valence electrons. The maximum Gasteiger partial charge on any atom is 0.573 e. The summed E-state index contributed by atoms with van der Waals surface area (Å²) in [5.41, 5.74) is 0.674. The predicted octanol–water partition coefficient (Wildman–Crippen LogP) is 5.01. The van der Waals surface area contributed by atoms with Crippen LogP contribution in [0, 0.1) is 0 Å². The van der Waals surface area contributed by atoms with Gasteiger partial charge in [0.1, 0.15) is 17.3 Å². The van der Waals surface area contributed by atoms with Crippen LogP contribution in [0.15, 0.2) is 78.6 Å². The normalized spacial score (nSPS) is 17.5. The van der Waals surface area contributed by atoms with Crippen molar-refractivity contribution in [3.63, 3.8) is 0 Å². The fourth-order valence-electron chi connectivity index (χ4n) is 3.79. The average molecular weight is 484 g/mol. The number of anilines is 1. The molecule has 1 N–H and O–H groups in total. The third kappa shape index (κ3) is 4.96. The molecule has 0 saturated carbocycles. The Kier molecular flexibility index (Phi) is 6.46. The number of benzene rings is 2. The average Bonchev–Trinajstić information content (AvgIpc) is 3.10. The van der Waals surface area contributed by atoms with Gasteiger partial charge in [0.25, 0.3) is 11.7 Å². The van der Waals surface area contributed by atoms with E-state index in [1.54, 1.807) is 36.4 Å². The molecule has 10 heteroatoms. The third-order valence-electron chi connectivity index (χ3n) is 5.23. The summed E-state index contributed by atoms with van der Waals surface area (Å²) in [6.45, 7) is 2.27. The third-order valence-corrected chi connectivity index (χ3v) is 5.23. The molecular formula is C25H19F3N2O5. The monoisotopic (exact) mass is 484 g/mol. The fourth-order valence-corrected chi connectivity index (χ4v) is 3.79. The molecule has 3 aromatic rings. The minimum absolute atomic E-state index is 0.140. The summed E-state index contributed by atoms with van der Waals surface area (Å²) < 4.78 is 46.9. The molecule has 1 saturated heterocycles. The number of rotatable bonds is 6. The molecule has 0 radical (unpaired) electrons. The molecule has 0 spiro atoms. The summed E-state index contributed by atoms with van der Waals surface area (Å²) in [6.07, 6.45) is -1.93. The standard InChI is InChI=1S/C25H19F3N2O5/c1-2-34-18-9-5-15(6-10-18)22(31)20-21(16-4-3-13-29-14-16)30(24(33)23(20)32)17-7-11-19(12-8-17)35-25(26,27)28/h3-14,21,31H,2H2,1H3/b22-20-. The van der Waals surface area contributed by atoms with Gasteiger partial charge in [-0.05, 0) is 67.1 Å². The van der Waals surface area contributed by atoms with Gasteiger partial charge in [0, 0.05) is 23.6 Å². The molecule has 1 aliphatic rings. The Hall–Kier alpha value is -4.34. The SMILES string of the molecule is CCOc1ccc(/C(O)=C2/C(=O)C(=O)N(c3ccc(OC(F)(F)F)cc3)C2c2cccnc2)cc1. The number of hydrogen-bond donors (Lipinski definition) is 1. The second-order valence-electron chi connectivity index (χ2n) is 7.45. The Balaban J connectivity index is 1.80. The molecule has 7 nitrogen and oxygen atoms in total. The topological polar surface area (TPSA) is 89.0 Å². The number of aromatic nitrogens is 1. The summed E-state index contributed by atoms with van der Waals surface area (Å²) in [4.78, 5) is 31.3. The van der Waals surface area contributed by atoms with Gasteiger partial charge in [0.15, 0.2) is 0 Å². The summed E-state index contributed by atoms with van der Waals surface area (Å²) >= 11 is 0. The van der Waals surface area contributed by atoms with E-state index in [0.717, 1.165) is 17.0 Å². The number of aliphatic hydroxyl groups excluding tert-OH is 1. The van der Waals surface area contributed by atoms with E-state index in [4.69, 9.17) is 4.74 Å². The van der Waals surface area contributed by atoms with Crippen molar-refractivity contribution < 1.29 is 37.3 Å². The minimum Gasteiger partial charge on any atom is -0.507 e. The van der Waals surface area contributed by atoms with E-state index >= 15 is 0 Å². The van der Waals surface area contributed by atoms with Crippen molar-refractivity contribution in [1.29, 1.82) is 0 Å². The van der Waals surface area contributed by atoms with E-state index in [9.17, 15) is 27.9 Å². The van der Waals surface area contributed by atoms with Gasteiger partial charge in [-0.2, -0.15) is 0 Å². The van der Waals surface area contributed by atoms with Gasteiger partial charge in [-0.25, -0.2) is 0 Å². The van der Waals surface area contributed by atoms with Crippen LogP contribution in [0.2, 0.25) is 0 Å². The lowest BCUT2D eigenvalue weighted by Gasteiger charge is -2.25. The molecule has 2 aromatic carbocycles. The number of hydrogen-bond acceptors (Lipinski definition) is 6. The number of ketones is 1. The second-order valence-corrected chi connectivity index (χ2v) is 7.45. The van der Waals surface area contributed by atoms with Crippen molar-refractivity contribution in [2.24, 2.45) is 0 Å². The number of carbonyl (C=O) groups is 2. The van der Waals surface area contributed by atoms with Crippen LogP contribution < -0.4 is 14.4 Å². The lowest BCUT2D eigenvalue weighted by atomic mass is 9.96. The summed E-state index contributed by atoms with van der Waals surface area (Å²) in [7, 11) is 0. The lowest BCUT2D eigenvalue weighted by Crippen LogP contribution is -2.29. The number of Topliss-reactive ketones (excluding diaryl/α,β-unsaturated/α-hetero) is 1. The summed E-state index contributed by atoms with van der Waals surface area (Å²) in [5, 5.41) is 11.1. The van der Waals surface area contributed by atoms with Crippen LogP contribution in [-0.4, -0.2) is 34.8 Å². The highest BCUT2D eigenvalue weighted by molar-refractivity contribution is 6.51. The van der Waals surface area contributed by atoms with Crippen molar-refractivity contribution in [2.75, 3.05) is 11.5 Å². The highest BCUT2D eigenvalue weighted by atomic mass is 19.4. The second kappa shape index (κ2) is 9.49. The number of ether oxygens (including phenoxy) is 2. The molecule has 1 atom stereocenters. The molecule has 1 amide bonds. The van der Waals surface area contributed by atoms with Crippen molar-refractivity contribution in [2.45, 2.75) is 19.3 Å². The van der Waals surface area contributed by atoms with Gasteiger partial charge in [-0.15, -0.1) is 13.2 Å². The fraction of sp³-hybridized carbons (Fsp3) is 0.160. The first-order valence-electron chi connectivity index (χ1n) is 10.5. The van der Waals surface area contributed by atoms with Crippen molar-refractivity contribution in [3.05, 3.63) is 89.8 Å². The molecule has 2 heterocycles. The zero-order chi connectivity index (χ0) is 25.2. The van der Waals surface area contributed by atoms with Crippen LogP contribution >= 0.6 is 0 Å². The number of pyridine rings is 1. The number of halogens is 3. The molecule has 35 heavy (non-hydrogen) atoms. The molecule has 1 aliphatic heterocycles. The van der Waals surface area contributed by atoms with Crippen LogP contribution in [0.25, 0.3) is 5.76 Å². The van der Waals surface area contributed by atoms with Crippen LogP contribution in [0.4, 0.5) is 18.9 Å². The molecular weight excluding hydrogens is 465 g/mol. The molecule has 0 aliphatic carbocycles. The molecule has 1 unspecified atom stereocenters. The van der Waals surface area contributed by atoms with Crippen LogP contribution in [-0.2, 0) is 9.59 Å². The number of amides is 1. The smallest absolute Gasteiger partial charge is 0.507 e. The summed E-state index contributed by atoms with van der Waals surface area (Å²) in [6, 6.07) is 13.0. The van der Waals surface area contributed by atoms with Crippen molar-refractivity contribution >= 4 is 23.1 Å². The van der Waals surface area contributed by atoms with E-state index < -0.39 is 35.6 Å². The van der Waals surface area contributed by atoms with Gasteiger partial charge in [-0.1, -0.05) is 6.07 Å². The molecule has 1 aromatic heterocycles. The zero-order valence-electron chi connectivity index (χ0n) is 18.3. The van der Waals surface area contributed by atoms with Gasteiger partial charge in [-0.3, -0.25) is 19.5 Å². The van der Waals surface area contributed by atoms with E-state index in [0.29, 0.717) is 17.9 Å². The maximum absolute atomic E-state index is 13.1. The Morgan fingerprint density at radius 3 is 2.26 bits per heavy atom. The number of alkyl halides is 3. The Morgan fingerprint density at radius 2 is 1.69 bits per heavy atom. The van der Waals surface area contributed by atoms with E-state index in [2.05, 4.69) is 9.72 Å². The number of aliphatic hydroxyl groups is 1. The first-order chi connectivity index (χ1) is 16.7. The van der Waals surface area contributed by atoms with E-state index in [-0.39, 0.29) is 16.8 Å². The van der Waals surface area contributed by atoms with Crippen LogP contribution in [0.1, 0.15) is 24.1 Å². The number of carbonyl (C=O) groups excluding carboxylic acids is 2. The first-order valence-corrected chi connectivity index (χ1v) is 10.5. The Bertz CT molecular complexity index is 1260. The van der Waals surface area contributed by atoms with Gasteiger partial charge >= 0.3 is 6.36 Å². The highest BCUT2D eigenvalue weighted by Gasteiger charge is 2.47. The first kappa shape index (κ1) is 23.8. The van der Waals surface area contributed by atoms with Gasteiger partial charge < -0.3 is 14.6 Å². The predicted molar refractivity (Wildman–Crippen MR) is 120 cm³/mol. The minimum atomic E-state index is -4.88. The van der Waals surface area contributed by atoms with E-state index in [1.807, 2.05) is 6.92 Å². The molecule has 0 bridgehead atoms. The van der Waals surface area contributed by atoms with Gasteiger partial charge in [0.2, 0.25) is 0 Å². The Labute approximate surface area is 198 Å². The lowest BCUT2D eigenvalue weighted by molar-refractivity contribution is -0.274. The number of nitrogens with zero attached hydrogens (tertiary/aromatic N) is 2. The highest BCUT2D eigenvalue weighted by Crippen LogP contribution is 2.42. The zero-order valence-corrected chi connectivity index (χ0v) is 18.3. The van der Waals surface area contributed by atoms with Crippen LogP contribution in [0.5, 0.6) is 11.5 Å². The maximum atomic E-state index is 13.1. The van der Waals surface area contributed by atoms with Crippen molar-refractivity contribution in [3.8, 4) is 11.5 Å². The summed E-state index contributed by atoms with van der Waals surface area (Å²) in [5.74, 6) is -2.21. The van der Waals surface area contributed by atoms with Crippen LogP contribution in [0.3, 0.4) is 0 Å². The Morgan fingerprint density at radius 1 is 1.03 bits per heavy atom. The largest absolute Gasteiger partial charge is 0.573 e. The van der Waals surface area contributed by atoms with Gasteiger partial charge in [0.05, 0.1) is 18.2 Å². The van der Waals surface area contributed by atoms with E-state index in [1.165, 1.54) is 24.5 Å².